The number of carbonyl (C=O) groups excluding carboxylic acids is 3. The first-order valence-corrected chi connectivity index (χ1v) is 10.4. The van der Waals surface area contributed by atoms with Crippen LogP contribution in [0.4, 0.5) is 0 Å². The van der Waals surface area contributed by atoms with Crippen LogP contribution in [-0.2, 0) is 22.4 Å². The van der Waals surface area contributed by atoms with Gasteiger partial charge in [-0.2, -0.15) is 0 Å². The van der Waals surface area contributed by atoms with Crippen LogP contribution in [0.1, 0.15) is 80.6 Å². The second kappa shape index (κ2) is 7.30. The Balaban J connectivity index is 1.63. The Labute approximate surface area is 165 Å². The largest absolute Gasteiger partial charge is 0.374 e. The van der Waals surface area contributed by atoms with Crippen LogP contribution in [0.5, 0.6) is 0 Å². The molecule has 1 aliphatic heterocycles. The van der Waals surface area contributed by atoms with E-state index in [-0.39, 0.29) is 22.8 Å². The van der Waals surface area contributed by atoms with Crippen LogP contribution in [0.3, 0.4) is 0 Å². The summed E-state index contributed by atoms with van der Waals surface area (Å²) in [4.78, 5) is 40.2. The number of ketones is 3. The van der Waals surface area contributed by atoms with Crippen LogP contribution < -0.4 is 0 Å². The number of nitrogens with zero attached hydrogens (tertiary/aromatic N) is 2. The summed E-state index contributed by atoms with van der Waals surface area (Å²) in [6, 6.07) is 0. The molecule has 2 heterocycles. The molecule has 1 saturated carbocycles. The fourth-order valence-electron chi connectivity index (χ4n) is 4.81. The van der Waals surface area contributed by atoms with Crippen LogP contribution in [-0.4, -0.2) is 40.5 Å². The summed E-state index contributed by atoms with van der Waals surface area (Å²) >= 11 is 0. The fourth-order valence-corrected chi connectivity index (χ4v) is 4.81. The number of Topliss-reactive ketones (excluding diaryl/α,β-unsaturated/α-hetero) is 3. The molecule has 28 heavy (non-hydrogen) atoms. The van der Waals surface area contributed by atoms with Crippen molar-refractivity contribution in [1.82, 2.24) is 10.1 Å². The van der Waals surface area contributed by atoms with E-state index < -0.39 is 0 Å². The molecule has 3 aliphatic rings. The van der Waals surface area contributed by atoms with Crippen molar-refractivity contribution < 1.29 is 18.9 Å². The summed E-state index contributed by atoms with van der Waals surface area (Å²) in [5, 5.41) is 4.15. The van der Waals surface area contributed by atoms with Gasteiger partial charge in [0.1, 0.15) is 5.76 Å². The van der Waals surface area contributed by atoms with Crippen molar-refractivity contribution in [3.63, 3.8) is 0 Å². The van der Waals surface area contributed by atoms with Crippen molar-refractivity contribution in [2.75, 3.05) is 13.1 Å². The van der Waals surface area contributed by atoms with E-state index in [9.17, 15) is 14.4 Å². The van der Waals surface area contributed by atoms with Crippen molar-refractivity contribution in [2.24, 2.45) is 5.41 Å². The fraction of sp³-hybridized carbons (Fsp3) is 0.636. The second-order valence-electron chi connectivity index (χ2n) is 9.08. The van der Waals surface area contributed by atoms with Crippen LogP contribution in [0.25, 0.3) is 0 Å². The predicted octanol–water partition coefficient (Wildman–Crippen LogP) is 3.43. The molecule has 1 aromatic rings. The van der Waals surface area contributed by atoms with Gasteiger partial charge in [0, 0.05) is 44.5 Å². The molecule has 1 saturated heterocycles. The minimum atomic E-state index is -0.272. The van der Waals surface area contributed by atoms with Crippen LogP contribution in [0.15, 0.2) is 15.8 Å². The Bertz CT molecular complexity index is 834. The van der Waals surface area contributed by atoms with E-state index in [1.165, 1.54) is 0 Å². The molecule has 0 unspecified atom stereocenters. The van der Waals surface area contributed by atoms with Crippen molar-refractivity contribution in [3.05, 3.63) is 28.3 Å². The molecule has 4 rings (SSSR count). The molecule has 1 aromatic heterocycles. The van der Waals surface area contributed by atoms with Crippen molar-refractivity contribution >= 4 is 17.3 Å². The Morgan fingerprint density at radius 1 is 1.00 bits per heavy atom. The number of aryl methyl sites for hydroxylation is 2. The van der Waals surface area contributed by atoms with Gasteiger partial charge in [-0.05, 0) is 37.5 Å². The van der Waals surface area contributed by atoms with Gasteiger partial charge < -0.3 is 9.42 Å². The van der Waals surface area contributed by atoms with Crippen molar-refractivity contribution in [1.29, 1.82) is 0 Å². The number of carbonyl (C=O) groups is 3. The third-order valence-corrected chi connectivity index (χ3v) is 6.13. The summed E-state index contributed by atoms with van der Waals surface area (Å²) in [7, 11) is 0. The molecule has 0 amide bonds. The quantitative estimate of drug-likeness (QED) is 0.584. The van der Waals surface area contributed by atoms with Gasteiger partial charge in [-0.1, -0.05) is 19.0 Å². The number of likely N-dealkylation sites (tertiary alicyclic amines) is 1. The Morgan fingerprint density at radius 3 is 2.36 bits per heavy atom. The molecule has 2 aliphatic carbocycles. The third-order valence-electron chi connectivity index (χ3n) is 6.13. The molecule has 6 heteroatoms. The monoisotopic (exact) mass is 384 g/mol. The molecule has 0 bridgehead atoms. The van der Waals surface area contributed by atoms with E-state index in [1.54, 1.807) is 0 Å². The zero-order valence-electron chi connectivity index (χ0n) is 16.8. The maximum absolute atomic E-state index is 12.9. The van der Waals surface area contributed by atoms with Gasteiger partial charge in [-0.25, -0.2) is 0 Å². The lowest BCUT2D eigenvalue weighted by atomic mass is 9.73. The molecule has 0 aromatic carbocycles. The zero-order chi connectivity index (χ0) is 19.9. The van der Waals surface area contributed by atoms with Gasteiger partial charge in [-0.15, -0.1) is 0 Å². The maximum Gasteiger partial charge on any atom is 0.168 e. The van der Waals surface area contributed by atoms with Crippen molar-refractivity contribution in [3.8, 4) is 0 Å². The normalized spacial score (nSPS) is 22.0. The van der Waals surface area contributed by atoms with Crippen LogP contribution >= 0.6 is 0 Å². The first-order chi connectivity index (χ1) is 13.4. The maximum atomic E-state index is 12.9. The highest BCUT2D eigenvalue weighted by Gasteiger charge is 2.38. The van der Waals surface area contributed by atoms with E-state index in [4.69, 9.17) is 4.52 Å². The Hall–Kier alpha value is -2.24. The molecule has 2 fully saturated rings. The van der Waals surface area contributed by atoms with Gasteiger partial charge in [0.05, 0.1) is 16.8 Å². The average Bonchev–Trinajstić information content (AvgIpc) is 3.27. The van der Waals surface area contributed by atoms with E-state index in [0.717, 1.165) is 44.5 Å². The number of fused-ring (bicyclic) bond motifs is 1. The number of hydrogen-bond acceptors (Lipinski definition) is 6. The molecule has 150 valence electrons. The van der Waals surface area contributed by atoms with Gasteiger partial charge in [-0.3, -0.25) is 14.4 Å². The molecular formula is C22H28N2O4. The highest BCUT2D eigenvalue weighted by molar-refractivity contribution is 6.22. The summed E-state index contributed by atoms with van der Waals surface area (Å²) in [6.07, 6.45) is 6.11. The molecule has 0 spiro atoms. The SMILES string of the molecule is CC1(C)CC(=O)C(=C(CCc2noc3c2C(=O)CCC3)N2CCCC2)C(=O)C1. The van der Waals surface area contributed by atoms with Gasteiger partial charge >= 0.3 is 0 Å². The molecule has 0 radical (unpaired) electrons. The minimum absolute atomic E-state index is 0.0404. The molecule has 0 atom stereocenters. The summed E-state index contributed by atoms with van der Waals surface area (Å²) in [6.45, 7) is 5.70. The van der Waals surface area contributed by atoms with Crippen LogP contribution in [0, 0.1) is 5.41 Å². The van der Waals surface area contributed by atoms with Crippen molar-refractivity contribution in [2.45, 2.75) is 71.6 Å². The third kappa shape index (κ3) is 3.56. The van der Waals surface area contributed by atoms with Gasteiger partial charge in [0.15, 0.2) is 17.3 Å². The zero-order valence-corrected chi connectivity index (χ0v) is 16.8. The Kier molecular flexibility index (Phi) is 4.98. The summed E-state index contributed by atoms with van der Waals surface area (Å²) in [5.41, 5.74) is 2.28. The molecule has 6 nitrogen and oxygen atoms in total. The van der Waals surface area contributed by atoms with E-state index in [0.29, 0.717) is 54.7 Å². The van der Waals surface area contributed by atoms with E-state index >= 15 is 0 Å². The van der Waals surface area contributed by atoms with E-state index in [1.807, 2.05) is 13.8 Å². The highest BCUT2D eigenvalue weighted by Crippen LogP contribution is 2.37. The molecular weight excluding hydrogens is 356 g/mol. The summed E-state index contributed by atoms with van der Waals surface area (Å²) in [5.74, 6) is 0.704. The molecule has 0 N–H and O–H groups in total. The lowest BCUT2D eigenvalue weighted by Gasteiger charge is -2.32. The lowest BCUT2D eigenvalue weighted by molar-refractivity contribution is -0.127. The number of aromatic nitrogens is 1. The topological polar surface area (TPSA) is 80.5 Å². The minimum Gasteiger partial charge on any atom is -0.374 e. The highest BCUT2D eigenvalue weighted by atomic mass is 16.5. The number of hydrogen-bond donors (Lipinski definition) is 0. The first-order valence-electron chi connectivity index (χ1n) is 10.4. The second-order valence-corrected chi connectivity index (χ2v) is 9.08. The van der Waals surface area contributed by atoms with Crippen LogP contribution in [0.2, 0.25) is 0 Å². The number of allylic oxidation sites excluding steroid dienone is 2. The Morgan fingerprint density at radius 2 is 1.68 bits per heavy atom. The average molecular weight is 384 g/mol. The first kappa shape index (κ1) is 19.1. The van der Waals surface area contributed by atoms with E-state index in [2.05, 4.69) is 10.1 Å². The lowest BCUT2D eigenvalue weighted by Crippen LogP contribution is -2.35. The summed E-state index contributed by atoms with van der Waals surface area (Å²) < 4.78 is 5.40. The predicted molar refractivity (Wildman–Crippen MR) is 103 cm³/mol. The number of rotatable bonds is 4. The smallest absolute Gasteiger partial charge is 0.168 e. The standard InChI is InChI=1S/C22H28N2O4/c1-22(2)12-17(26)21(18(27)13-22)15(24-10-3-4-11-24)9-8-14-20-16(25)6-5-7-19(20)28-23-14/h3-13H2,1-2H3. The van der Waals surface area contributed by atoms with Gasteiger partial charge in [0.2, 0.25) is 0 Å². The van der Waals surface area contributed by atoms with Gasteiger partial charge in [0.25, 0.3) is 0 Å².